The van der Waals surface area contributed by atoms with Crippen LogP contribution < -0.4 is 4.74 Å². The Labute approximate surface area is 177 Å². The first-order valence-corrected chi connectivity index (χ1v) is 10.9. The van der Waals surface area contributed by atoms with E-state index in [4.69, 9.17) is 4.74 Å². The van der Waals surface area contributed by atoms with E-state index in [-0.39, 0.29) is 6.42 Å². The fourth-order valence-electron chi connectivity index (χ4n) is 3.23. The van der Waals surface area contributed by atoms with Gasteiger partial charge in [0.2, 0.25) is 0 Å². The first-order valence-electron chi connectivity index (χ1n) is 10.1. The average molecular weight is 409 g/mol. The van der Waals surface area contributed by atoms with Crippen LogP contribution in [0, 0.1) is 5.92 Å². The number of thiophene rings is 1. The quantitative estimate of drug-likeness (QED) is 0.462. The molecule has 3 nitrogen and oxygen atoms in total. The minimum absolute atomic E-state index is 0.0451. The van der Waals surface area contributed by atoms with Gasteiger partial charge in [0.05, 0.1) is 13.0 Å². The third-order valence-corrected chi connectivity index (χ3v) is 5.83. The maximum absolute atomic E-state index is 11.2. The van der Waals surface area contributed by atoms with Gasteiger partial charge in [-0.3, -0.25) is 4.79 Å². The number of carboxylic acids is 1. The maximum atomic E-state index is 11.2. The molecule has 0 saturated carbocycles. The van der Waals surface area contributed by atoms with Crippen LogP contribution in [0.25, 0.3) is 0 Å². The van der Waals surface area contributed by atoms with Crippen LogP contribution in [0.4, 0.5) is 0 Å². The molecule has 0 aliphatic rings. The summed E-state index contributed by atoms with van der Waals surface area (Å²) in [6.45, 7) is 4.89. The van der Waals surface area contributed by atoms with Crippen molar-refractivity contribution in [2.75, 3.05) is 6.61 Å². The van der Waals surface area contributed by atoms with Gasteiger partial charge in [-0.25, -0.2) is 0 Å². The lowest BCUT2D eigenvalue weighted by Crippen LogP contribution is -2.07. The zero-order valence-electron chi connectivity index (χ0n) is 17.1. The lowest BCUT2D eigenvalue weighted by Gasteiger charge is -2.13. The van der Waals surface area contributed by atoms with Crippen molar-refractivity contribution < 1.29 is 14.6 Å². The zero-order chi connectivity index (χ0) is 20.6. The molecule has 0 saturated heterocycles. The minimum atomic E-state index is -0.802. The Balaban J connectivity index is 1.68. The highest BCUT2D eigenvalue weighted by Gasteiger charge is 2.10. The number of rotatable bonds is 10. The van der Waals surface area contributed by atoms with Crippen molar-refractivity contribution in [3.8, 4) is 5.75 Å². The van der Waals surface area contributed by atoms with Crippen molar-refractivity contribution in [3.05, 3.63) is 87.1 Å². The van der Waals surface area contributed by atoms with E-state index in [2.05, 4.69) is 50.2 Å². The second kappa shape index (κ2) is 10.3. The predicted octanol–water partition coefficient (Wildman–Crippen LogP) is 5.79. The molecule has 0 aliphatic heterocycles. The molecular weight excluding hydrogens is 380 g/mol. The van der Waals surface area contributed by atoms with Crippen molar-refractivity contribution in [1.82, 2.24) is 0 Å². The van der Waals surface area contributed by atoms with E-state index in [1.54, 1.807) is 0 Å². The molecule has 4 heteroatoms. The van der Waals surface area contributed by atoms with Crippen LogP contribution >= 0.6 is 11.3 Å². The Morgan fingerprint density at radius 2 is 1.72 bits per heavy atom. The van der Waals surface area contributed by atoms with Crippen molar-refractivity contribution in [3.63, 3.8) is 0 Å². The first kappa shape index (κ1) is 21.1. The van der Waals surface area contributed by atoms with Crippen molar-refractivity contribution in [2.45, 2.75) is 39.5 Å². The Bertz CT molecular complexity index is 928. The SMILES string of the molecule is CC(C)COc1ccc(CC(=O)O)c(CCc2ccc(Cc3ccccc3)s2)c1. The van der Waals surface area contributed by atoms with Crippen LogP contribution in [0.5, 0.6) is 5.75 Å². The summed E-state index contributed by atoms with van der Waals surface area (Å²) in [5, 5.41) is 9.24. The Morgan fingerprint density at radius 3 is 2.45 bits per heavy atom. The molecule has 0 aliphatic carbocycles. The molecule has 0 amide bonds. The summed E-state index contributed by atoms with van der Waals surface area (Å²) in [7, 11) is 0. The van der Waals surface area contributed by atoms with E-state index in [0.29, 0.717) is 12.5 Å². The van der Waals surface area contributed by atoms with Gasteiger partial charge in [0.25, 0.3) is 0 Å². The van der Waals surface area contributed by atoms with Gasteiger partial charge in [0, 0.05) is 16.2 Å². The topological polar surface area (TPSA) is 46.5 Å². The third kappa shape index (κ3) is 6.75. The Hall–Kier alpha value is -2.59. The fraction of sp³-hybridized carbons (Fsp3) is 0.320. The van der Waals surface area contributed by atoms with Crippen molar-refractivity contribution in [2.24, 2.45) is 5.92 Å². The summed E-state index contributed by atoms with van der Waals surface area (Å²) in [5.41, 5.74) is 3.25. The zero-order valence-corrected chi connectivity index (χ0v) is 17.9. The van der Waals surface area contributed by atoms with E-state index in [1.165, 1.54) is 15.3 Å². The highest BCUT2D eigenvalue weighted by atomic mass is 32.1. The number of aliphatic carboxylic acids is 1. The lowest BCUT2D eigenvalue weighted by atomic mass is 9.99. The van der Waals surface area contributed by atoms with Gasteiger partial charge in [0.15, 0.2) is 0 Å². The maximum Gasteiger partial charge on any atom is 0.307 e. The summed E-state index contributed by atoms with van der Waals surface area (Å²) in [6.07, 6.45) is 2.71. The molecule has 3 rings (SSSR count). The normalized spacial score (nSPS) is 11.0. The molecule has 152 valence electrons. The molecule has 1 aromatic heterocycles. The number of carbonyl (C=O) groups is 1. The number of carboxylic acid groups (broad SMARTS) is 1. The predicted molar refractivity (Wildman–Crippen MR) is 119 cm³/mol. The fourth-order valence-corrected chi connectivity index (χ4v) is 4.28. The molecule has 0 bridgehead atoms. The summed E-state index contributed by atoms with van der Waals surface area (Å²) in [4.78, 5) is 13.9. The second-order valence-electron chi connectivity index (χ2n) is 7.74. The molecule has 2 aromatic carbocycles. The van der Waals surface area contributed by atoms with E-state index in [1.807, 2.05) is 35.6 Å². The molecule has 0 fully saturated rings. The number of ether oxygens (including phenoxy) is 1. The standard InChI is InChI=1S/C25H28O3S/c1-18(2)17-28-22-10-8-21(16-25(26)27)20(15-22)9-11-23-12-13-24(29-23)14-19-6-4-3-5-7-19/h3-8,10,12-13,15,18H,9,11,14,16-17H2,1-2H3,(H,26,27). The smallest absolute Gasteiger partial charge is 0.307 e. The summed E-state index contributed by atoms with van der Waals surface area (Å²) in [6, 6.07) is 20.7. The van der Waals surface area contributed by atoms with Crippen LogP contribution in [0.3, 0.4) is 0 Å². The van der Waals surface area contributed by atoms with Gasteiger partial charge >= 0.3 is 5.97 Å². The number of benzene rings is 2. The summed E-state index contributed by atoms with van der Waals surface area (Å²) >= 11 is 1.84. The van der Waals surface area contributed by atoms with Gasteiger partial charge in [-0.05, 0) is 59.7 Å². The average Bonchev–Trinajstić information content (AvgIpc) is 3.13. The molecule has 1 heterocycles. The number of hydrogen-bond acceptors (Lipinski definition) is 3. The Morgan fingerprint density at radius 1 is 0.966 bits per heavy atom. The van der Waals surface area contributed by atoms with Gasteiger partial charge < -0.3 is 9.84 Å². The molecule has 0 radical (unpaired) electrons. The Kier molecular flexibility index (Phi) is 7.48. The highest BCUT2D eigenvalue weighted by molar-refractivity contribution is 7.12. The lowest BCUT2D eigenvalue weighted by molar-refractivity contribution is -0.136. The van der Waals surface area contributed by atoms with Crippen LogP contribution in [0.2, 0.25) is 0 Å². The van der Waals surface area contributed by atoms with Crippen molar-refractivity contribution in [1.29, 1.82) is 0 Å². The van der Waals surface area contributed by atoms with E-state index in [0.717, 1.165) is 36.1 Å². The molecule has 0 spiro atoms. The third-order valence-electron chi connectivity index (χ3n) is 4.68. The van der Waals surface area contributed by atoms with Crippen molar-refractivity contribution >= 4 is 17.3 Å². The van der Waals surface area contributed by atoms with E-state index < -0.39 is 5.97 Å². The molecule has 29 heavy (non-hydrogen) atoms. The van der Waals surface area contributed by atoms with Gasteiger partial charge in [-0.1, -0.05) is 50.2 Å². The molecule has 1 N–H and O–H groups in total. The van der Waals surface area contributed by atoms with Crippen LogP contribution in [0.15, 0.2) is 60.7 Å². The van der Waals surface area contributed by atoms with Gasteiger partial charge in [-0.2, -0.15) is 0 Å². The first-order chi connectivity index (χ1) is 14.0. The number of hydrogen-bond donors (Lipinski definition) is 1. The number of aryl methyl sites for hydroxylation is 2. The van der Waals surface area contributed by atoms with Gasteiger partial charge in [0.1, 0.15) is 5.75 Å². The monoisotopic (exact) mass is 408 g/mol. The molecule has 0 atom stereocenters. The molecule has 3 aromatic rings. The minimum Gasteiger partial charge on any atom is -0.493 e. The van der Waals surface area contributed by atoms with Crippen LogP contribution in [0.1, 0.15) is 40.3 Å². The van der Waals surface area contributed by atoms with E-state index in [9.17, 15) is 9.90 Å². The van der Waals surface area contributed by atoms with Gasteiger partial charge in [-0.15, -0.1) is 11.3 Å². The molecule has 0 unspecified atom stereocenters. The summed E-state index contributed by atoms with van der Waals surface area (Å²) < 4.78 is 5.85. The highest BCUT2D eigenvalue weighted by Crippen LogP contribution is 2.24. The molecular formula is C25H28O3S. The summed E-state index contributed by atoms with van der Waals surface area (Å²) in [5.74, 6) is 0.466. The second-order valence-corrected chi connectivity index (χ2v) is 8.99. The van der Waals surface area contributed by atoms with E-state index >= 15 is 0 Å². The largest absolute Gasteiger partial charge is 0.493 e. The van der Waals surface area contributed by atoms with Crippen LogP contribution in [-0.2, 0) is 30.5 Å². The van der Waals surface area contributed by atoms with Crippen LogP contribution in [-0.4, -0.2) is 17.7 Å².